The van der Waals surface area contributed by atoms with Gasteiger partial charge in [0.05, 0.1) is 19.7 Å². The van der Waals surface area contributed by atoms with Crippen molar-refractivity contribution in [3.05, 3.63) is 54.2 Å². The largest absolute Gasteiger partial charge is 0.493 e. The Kier molecular flexibility index (Phi) is 4.99. The van der Waals surface area contributed by atoms with Crippen LogP contribution >= 0.6 is 0 Å². The minimum absolute atomic E-state index is 0.344. The number of rotatable bonds is 6. The van der Waals surface area contributed by atoms with Gasteiger partial charge in [-0.2, -0.15) is 0 Å². The normalized spacial score (nSPS) is 11.3. The third kappa shape index (κ3) is 3.72. The lowest BCUT2D eigenvalue weighted by molar-refractivity contribution is 0.309. The van der Waals surface area contributed by atoms with Gasteiger partial charge in [-0.1, -0.05) is 12.1 Å². The van der Waals surface area contributed by atoms with Crippen LogP contribution in [0.5, 0.6) is 17.2 Å². The van der Waals surface area contributed by atoms with Crippen LogP contribution < -0.4 is 14.2 Å². The van der Waals surface area contributed by atoms with E-state index in [9.17, 15) is 0 Å². The Labute approximate surface area is 153 Å². The second kappa shape index (κ2) is 7.21. The Bertz CT molecular complexity index is 1050. The fourth-order valence-corrected chi connectivity index (χ4v) is 3.36. The number of fused-ring (bicyclic) bond motifs is 1. The van der Waals surface area contributed by atoms with E-state index in [2.05, 4.69) is 4.98 Å². The highest BCUT2D eigenvalue weighted by Crippen LogP contribution is 2.35. The molecule has 3 rings (SSSR count). The molecule has 3 aromatic rings. The lowest BCUT2D eigenvalue weighted by Gasteiger charge is -2.13. The van der Waals surface area contributed by atoms with Gasteiger partial charge in [-0.05, 0) is 39.4 Å². The number of nitrogens with zero attached hydrogens (tertiary/aromatic N) is 1. The lowest BCUT2D eigenvalue weighted by atomic mass is 10.1. The highest BCUT2D eigenvalue weighted by atomic mass is 32.2. The zero-order valence-electron chi connectivity index (χ0n) is 14.9. The van der Waals surface area contributed by atoms with E-state index in [-0.39, 0.29) is 0 Å². The van der Waals surface area contributed by atoms with E-state index in [1.807, 2.05) is 42.5 Å². The van der Waals surface area contributed by atoms with Crippen LogP contribution in [0.15, 0.2) is 53.6 Å². The zero-order valence-corrected chi connectivity index (χ0v) is 15.7. The van der Waals surface area contributed by atoms with Crippen LogP contribution in [0.1, 0.15) is 5.56 Å². The summed E-state index contributed by atoms with van der Waals surface area (Å²) >= 11 is 0. The summed E-state index contributed by atoms with van der Waals surface area (Å²) in [6, 6.07) is 12.9. The summed E-state index contributed by atoms with van der Waals surface area (Å²) < 4.78 is 32.5. The molecule has 7 heteroatoms. The van der Waals surface area contributed by atoms with Gasteiger partial charge in [0, 0.05) is 28.8 Å². The van der Waals surface area contributed by atoms with E-state index in [0.717, 1.165) is 16.5 Å². The standard InChI is InChI=1S/C19H21N3O3S/c1-23-18-10-15-16(11-19(18)24-2)22-8-7-17(15)25-12-13-5-4-6-14(9-13)26(3,20)21/h4-11,20-21H,12H2,1-3H3. The third-order valence-corrected chi connectivity index (χ3v) is 5.17. The van der Waals surface area contributed by atoms with Crippen LogP contribution in [0.4, 0.5) is 0 Å². The predicted octanol–water partition coefficient (Wildman–Crippen LogP) is 4.50. The lowest BCUT2D eigenvalue weighted by Crippen LogP contribution is -2.00. The first-order valence-electron chi connectivity index (χ1n) is 7.92. The number of pyridine rings is 1. The molecular weight excluding hydrogens is 350 g/mol. The van der Waals surface area contributed by atoms with Gasteiger partial charge in [0.2, 0.25) is 0 Å². The van der Waals surface area contributed by atoms with Crippen molar-refractivity contribution in [3.8, 4) is 17.2 Å². The maximum absolute atomic E-state index is 7.93. The molecule has 0 radical (unpaired) electrons. The van der Waals surface area contributed by atoms with Crippen molar-refractivity contribution in [3.63, 3.8) is 0 Å². The highest BCUT2D eigenvalue weighted by molar-refractivity contribution is 7.92. The molecule has 0 atom stereocenters. The molecule has 0 saturated carbocycles. The van der Waals surface area contributed by atoms with Gasteiger partial charge in [-0.25, -0.2) is 0 Å². The van der Waals surface area contributed by atoms with Gasteiger partial charge in [0.1, 0.15) is 12.4 Å². The summed E-state index contributed by atoms with van der Waals surface area (Å²) in [5, 5.41) is 0.831. The Balaban J connectivity index is 1.92. The van der Waals surface area contributed by atoms with Crippen molar-refractivity contribution in [2.75, 3.05) is 20.5 Å². The van der Waals surface area contributed by atoms with Crippen molar-refractivity contribution in [1.82, 2.24) is 4.98 Å². The minimum atomic E-state index is -2.26. The van der Waals surface area contributed by atoms with Crippen LogP contribution in [-0.2, 0) is 16.2 Å². The Morgan fingerprint density at radius 3 is 2.38 bits per heavy atom. The third-order valence-electron chi connectivity index (χ3n) is 3.97. The van der Waals surface area contributed by atoms with E-state index in [0.29, 0.717) is 28.8 Å². The minimum Gasteiger partial charge on any atom is -0.493 e. The fourth-order valence-electron chi connectivity index (χ4n) is 2.62. The summed E-state index contributed by atoms with van der Waals surface area (Å²) in [4.78, 5) is 5.08. The zero-order chi connectivity index (χ0) is 18.7. The second-order valence-corrected chi connectivity index (χ2v) is 8.20. The van der Waals surface area contributed by atoms with Crippen molar-refractivity contribution in [2.24, 2.45) is 0 Å². The van der Waals surface area contributed by atoms with E-state index in [1.54, 1.807) is 26.7 Å². The maximum atomic E-state index is 7.93. The quantitative estimate of drug-likeness (QED) is 0.668. The van der Waals surface area contributed by atoms with Gasteiger partial charge in [-0.3, -0.25) is 14.5 Å². The molecule has 6 nitrogen and oxygen atoms in total. The molecule has 1 aromatic heterocycles. The van der Waals surface area contributed by atoms with Gasteiger partial charge < -0.3 is 14.2 Å². The van der Waals surface area contributed by atoms with Crippen LogP contribution in [0, 0.1) is 9.56 Å². The Morgan fingerprint density at radius 1 is 0.962 bits per heavy atom. The summed E-state index contributed by atoms with van der Waals surface area (Å²) in [6.07, 6.45) is 3.32. The van der Waals surface area contributed by atoms with Gasteiger partial charge >= 0.3 is 0 Å². The van der Waals surface area contributed by atoms with E-state index in [4.69, 9.17) is 23.8 Å². The van der Waals surface area contributed by atoms with E-state index < -0.39 is 9.62 Å². The monoisotopic (exact) mass is 371 g/mol. The van der Waals surface area contributed by atoms with Gasteiger partial charge in [-0.15, -0.1) is 0 Å². The molecule has 0 unspecified atom stereocenters. The van der Waals surface area contributed by atoms with Crippen LogP contribution in [0.3, 0.4) is 0 Å². The summed E-state index contributed by atoms with van der Waals surface area (Å²) in [5.41, 5.74) is 1.68. The van der Waals surface area contributed by atoms with Crippen LogP contribution in [-0.4, -0.2) is 25.5 Å². The molecule has 0 fully saturated rings. The Morgan fingerprint density at radius 2 is 1.69 bits per heavy atom. The van der Waals surface area contributed by atoms with Crippen molar-refractivity contribution in [1.29, 1.82) is 9.56 Å². The first kappa shape index (κ1) is 18.0. The Hall–Kier alpha value is -2.80. The van der Waals surface area contributed by atoms with Crippen LogP contribution in [0.2, 0.25) is 0 Å². The molecule has 0 amide bonds. The fraction of sp³-hybridized carbons (Fsp3) is 0.211. The maximum Gasteiger partial charge on any atom is 0.162 e. The molecule has 26 heavy (non-hydrogen) atoms. The van der Waals surface area contributed by atoms with Crippen LogP contribution in [0.25, 0.3) is 10.9 Å². The first-order chi connectivity index (χ1) is 12.4. The second-order valence-electron chi connectivity index (χ2n) is 5.89. The highest BCUT2D eigenvalue weighted by Gasteiger charge is 2.11. The topological polar surface area (TPSA) is 88.3 Å². The molecule has 0 saturated heterocycles. The number of methoxy groups -OCH3 is 2. The van der Waals surface area contributed by atoms with Gasteiger partial charge in [0.15, 0.2) is 11.5 Å². The number of hydrogen-bond acceptors (Lipinski definition) is 6. The molecule has 0 spiro atoms. The number of hydrogen-bond donors (Lipinski definition) is 2. The summed E-state index contributed by atoms with van der Waals surface area (Å²) in [5.74, 6) is 1.92. The number of aromatic nitrogens is 1. The summed E-state index contributed by atoms with van der Waals surface area (Å²) in [7, 11) is 0.923. The molecule has 1 heterocycles. The number of ether oxygens (including phenoxy) is 3. The molecule has 0 bridgehead atoms. The molecule has 0 aliphatic rings. The van der Waals surface area contributed by atoms with Crippen molar-refractivity contribution in [2.45, 2.75) is 11.5 Å². The van der Waals surface area contributed by atoms with E-state index >= 15 is 0 Å². The SMILES string of the molecule is COc1cc2nccc(OCc3cccc(S(C)(=N)=N)c3)c2cc1OC. The predicted molar refractivity (Wildman–Crippen MR) is 103 cm³/mol. The average molecular weight is 371 g/mol. The molecule has 0 aliphatic carbocycles. The van der Waals surface area contributed by atoms with Gasteiger partial charge in [0.25, 0.3) is 0 Å². The number of nitrogens with one attached hydrogen (secondary N) is 2. The molecule has 136 valence electrons. The first-order valence-corrected chi connectivity index (χ1v) is 9.96. The average Bonchev–Trinajstić information content (AvgIpc) is 2.64. The molecular formula is C19H21N3O3S. The van der Waals surface area contributed by atoms with Crippen molar-refractivity contribution < 1.29 is 14.2 Å². The van der Waals surface area contributed by atoms with Crippen molar-refractivity contribution >= 4 is 20.5 Å². The summed E-state index contributed by atoms with van der Waals surface area (Å²) in [6.45, 7) is 0.344. The smallest absolute Gasteiger partial charge is 0.162 e. The molecule has 2 N–H and O–H groups in total. The molecule has 2 aromatic carbocycles. The van der Waals surface area contributed by atoms with E-state index in [1.165, 1.54) is 0 Å². The molecule has 0 aliphatic heterocycles. The number of benzene rings is 2.